The molecule has 0 saturated carbocycles. The number of carbonyl (C=O) groups excluding carboxylic acids is 1. The van der Waals surface area contributed by atoms with Crippen LogP contribution >= 0.6 is 0 Å². The molecule has 0 unspecified atom stereocenters. The normalized spacial score (nSPS) is 21.8. The van der Waals surface area contributed by atoms with E-state index in [0.717, 1.165) is 11.1 Å². The number of nitrogen functional groups attached to an aromatic ring is 2. The number of hydrogen-bond acceptors (Lipinski definition) is 8. The zero-order valence-electron chi connectivity index (χ0n) is 15.1. The molecule has 8 nitrogen and oxygen atoms in total. The lowest BCUT2D eigenvalue weighted by atomic mass is 9.84. The van der Waals surface area contributed by atoms with E-state index in [0.29, 0.717) is 53.8 Å². The van der Waals surface area contributed by atoms with E-state index in [4.69, 9.17) is 35.2 Å². The molecule has 2 aromatic rings. The fraction of sp³-hybridized carbons (Fsp3) is 0.350. The predicted molar refractivity (Wildman–Crippen MR) is 99.3 cm³/mol. The molecule has 28 heavy (non-hydrogen) atoms. The Morgan fingerprint density at radius 1 is 0.750 bits per heavy atom. The largest absolute Gasteiger partial charge is 0.465 e. The molecule has 3 aliphatic heterocycles. The van der Waals surface area contributed by atoms with Crippen molar-refractivity contribution in [3.8, 4) is 23.0 Å². The van der Waals surface area contributed by atoms with Gasteiger partial charge in [0.15, 0.2) is 23.0 Å². The van der Waals surface area contributed by atoms with Gasteiger partial charge in [0.25, 0.3) is 0 Å². The number of benzene rings is 2. The summed E-state index contributed by atoms with van der Waals surface area (Å²) in [5.74, 6) is 2.04. The first-order chi connectivity index (χ1) is 13.6. The molecule has 0 bridgehead atoms. The van der Waals surface area contributed by atoms with Crippen LogP contribution < -0.4 is 30.4 Å². The highest BCUT2D eigenvalue weighted by Crippen LogP contribution is 2.40. The zero-order valence-corrected chi connectivity index (χ0v) is 15.1. The summed E-state index contributed by atoms with van der Waals surface area (Å²) in [4.78, 5) is 12.4. The lowest BCUT2D eigenvalue weighted by molar-refractivity contribution is -0.141. The van der Waals surface area contributed by atoms with Crippen LogP contribution in [0, 0.1) is 11.8 Å². The average Bonchev–Trinajstić information content (AvgIpc) is 3.38. The molecule has 3 heterocycles. The van der Waals surface area contributed by atoms with E-state index >= 15 is 0 Å². The van der Waals surface area contributed by atoms with E-state index in [1.54, 1.807) is 12.1 Å². The molecule has 2 aromatic carbocycles. The van der Waals surface area contributed by atoms with Gasteiger partial charge >= 0.3 is 5.97 Å². The third-order valence-electron chi connectivity index (χ3n) is 5.50. The maximum absolute atomic E-state index is 12.4. The highest BCUT2D eigenvalue weighted by atomic mass is 16.7. The summed E-state index contributed by atoms with van der Waals surface area (Å²) < 4.78 is 26.9. The van der Waals surface area contributed by atoms with Crippen molar-refractivity contribution in [2.24, 2.45) is 11.8 Å². The van der Waals surface area contributed by atoms with Crippen LogP contribution in [-0.2, 0) is 22.4 Å². The van der Waals surface area contributed by atoms with E-state index in [1.807, 2.05) is 12.1 Å². The van der Waals surface area contributed by atoms with Gasteiger partial charge in [-0.1, -0.05) is 0 Å². The van der Waals surface area contributed by atoms with Gasteiger partial charge in [0.05, 0.1) is 12.5 Å². The molecule has 8 heteroatoms. The lowest BCUT2D eigenvalue weighted by Crippen LogP contribution is -2.21. The van der Waals surface area contributed by atoms with Crippen molar-refractivity contribution in [2.45, 2.75) is 12.8 Å². The molecule has 0 radical (unpaired) electrons. The van der Waals surface area contributed by atoms with Crippen molar-refractivity contribution in [3.05, 3.63) is 35.4 Å². The second-order valence-electron chi connectivity index (χ2n) is 7.21. The van der Waals surface area contributed by atoms with Crippen molar-refractivity contribution in [2.75, 3.05) is 31.7 Å². The van der Waals surface area contributed by atoms with Gasteiger partial charge in [0, 0.05) is 29.4 Å². The van der Waals surface area contributed by atoms with Gasteiger partial charge in [-0.2, -0.15) is 0 Å². The molecule has 146 valence electrons. The van der Waals surface area contributed by atoms with E-state index in [-0.39, 0.29) is 31.4 Å². The standard InChI is InChI=1S/C20H20N2O6/c21-14-5-18-16(25-8-27-18)3-10(14)1-12-7-24-20(23)13(12)2-11-4-17-19(6-15(11)22)28-9-26-17/h3-6,12-13H,1-2,7-9,21-22H2/t12-,13+/m1/s1. The van der Waals surface area contributed by atoms with Crippen molar-refractivity contribution >= 4 is 17.3 Å². The second kappa shape index (κ2) is 6.40. The van der Waals surface area contributed by atoms with Crippen molar-refractivity contribution in [3.63, 3.8) is 0 Å². The number of carbonyl (C=O) groups is 1. The first-order valence-corrected chi connectivity index (χ1v) is 9.11. The number of rotatable bonds is 4. The molecule has 0 aromatic heterocycles. The van der Waals surface area contributed by atoms with Gasteiger partial charge < -0.3 is 35.2 Å². The first kappa shape index (κ1) is 16.9. The van der Waals surface area contributed by atoms with Crippen LogP contribution in [0.15, 0.2) is 24.3 Å². The Labute approximate surface area is 161 Å². The zero-order chi connectivity index (χ0) is 19.3. The van der Waals surface area contributed by atoms with Crippen LogP contribution in [0.1, 0.15) is 11.1 Å². The number of ether oxygens (including phenoxy) is 5. The number of fused-ring (bicyclic) bond motifs is 2. The summed E-state index contributed by atoms with van der Waals surface area (Å²) >= 11 is 0. The van der Waals surface area contributed by atoms with E-state index in [9.17, 15) is 4.79 Å². The lowest BCUT2D eigenvalue weighted by Gasteiger charge is -2.18. The molecule has 4 N–H and O–H groups in total. The number of anilines is 2. The van der Waals surface area contributed by atoms with Gasteiger partial charge in [-0.15, -0.1) is 0 Å². The average molecular weight is 384 g/mol. The molecular weight excluding hydrogens is 364 g/mol. The van der Waals surface area contributed by atoms with Crippen LogP contribution in [-0.4, -0.2) is 26.2 Å². The maximum Gasteiger partial charge on any atom is 0.309 e. The Balaban J connectivity index is 1.38. The van der Waals surface area contributed by atoms with Gasteiger partial charge in [0.2, 0.25) is 13.6 Å². The van der Waals surface area contributed by atoms with Crippen LogP contribution in [0.2, 0.25) is 0 Å². The monoisotopic (exact) mass is 384 g/mol. The Bertz CT molecular complexity index is 960. The van der Waals surface area contributed by atoms with Crippen molar-refractivity contribution in [1.29, 1.82) is 0 Å². The number of hydrogen-bond donors (Lipinski definition) is 2. The van der Waals surface area contributed by atoms with Gasteiger partial charge in [-0.25, -0.2) is 0 Å². The number of nitrogens with two attached hydrogens (primary N) is 2. The Kier molecular flexibility index (Phi) is 3.85. The molecule has 0 aliphatic carbocycles. The first-order valence-electron chi connectivity index (χ1n) is 9.11. The van der Waals surface area contributed by atoms with Crippen LogP contribution in [0.25, 0.3) is 0 Å². The number of esters is 1. The fourth-order valence-corrected chi connectivity index (χ4v) is 3.93. The quantitative estimate of drug-likeness (QED) is 0.606. The molecule has 0 amide bonds. The van der Waals surface area contributed by atoms with Crippen LogP contribution in [0.4, 0.5) is 11.4 Å². The highest BCUT2D eigenvalue weighted by molar-refractivity contribution is 5.76. The van der Waals surface area contributed by atoms with E-state index < -0.39 is 0 Å². The second-order valence-corrected chi connectivity index (χ2v) is 7.21. The molecule has 5 rings (SSSR count). The van der Waals surface area contributed by atoms with E-state index in [2.05, 4.69) is 0 Å². The Morgan fingerprint density at radius 3 is 1.82 bits per heavy atom. The summed E-state index contributed by atoms with van der Waals surface area (Å²) in [6, 6.07) is 7.23. The molecular formula is C20H20N2O6. The SMILES string of the molecule is Nc1cc2c(cc1C[C@@H]1COC(=O)[C@H]1Cc1cc3c(cc1N)OCO3)OCO2. The third-order valence-corrected chi connectivity index (χ3v) is 5.50. The van der Waals surface area contributed by atoms with Gasteiger partial charge in [0.1, 0.15) is 0 Å². The summed E-state index contributed by atoms with van der Waals surface area (Å²) in [5, 5.41) is 0. The molecule has 1 saturated heterocycles. The summed E-state index contributed by atoms with van der Waals surface area (Å²) in [6.45, 7) is 0.715. The summed E-state index contributed by atoms with van der Waals surface area (Å²) in [5.41, 5.74) is 15.3. The van der Waals surface area contributed by atoms with Crippen LogP contribution in [0.5, 0.6) is 23.0 Å². The highest BCUT2D eigenvalue weighted by Gasteiger charge is 2.38. The molecule has 1 fully saturated rings. The van der Waals surface area contributed by atoms with E-state index in [1.165, 1.54) is 0 Å². The predicted octanol–water partition coefficient (Wildman–Crippen LogP) is 1.88. The third kappa shape index (κ3) is 2.81. The maximum atomic E-state index is 12.4. The summed E-state index contributed by atoms with van der Waals surface area (Å²) in [7, 11) is 0. The van der Waals surface area contributed by atoms with Crippen LogP contribution in [0.3, 0.4) is 0 Å². The summed E-state index contributed by atoms with van der Waals surface area (Å²) in [6.07, 6.45) is 1.07. The minimum absolute atomic E-state index is 0.0139. The van der Waals surface area contributed by atoms with Crippen molar-refractivity contribution in [1.82, 2.24) is 0 Å². The fourth-order valence-electron chi connectivity index (χ4n) is 3.93. The molecule has 2 atom stereocenters. The molecule has 0 spiro atoms. The minimum atomic E-state index is -0.313. The van der Waals surface area contributed by atoms with Gasteiger partial charge in [-0.05, 0) is 36.1 Å². The Hall–Kier alpha value is -3.29. The topological polar surface area (TPSA) is 115 Å². The van der Waals surface area contributed by atoms with Crippen molar-refractivity contribution < 1.29 is 28.5 Å². The Morgan fingerprint density at radius 2 is 1.25 bits per heavy atom. The van der Waals surface area contributed by atoms with Gasteiger partial charge in [-0.3, -0.25) is 4.79 Å². The minimum Gasteiger partial charge on any atom is -0.465 e. The molecule has 3 aliphatic rings. The number of cyclic esters (lactones) is 1. The smallest absolute Gasteiger partial charge is 0.309 e.